The maximum absolute atomic E-state index is 13.8. The summed E-state index contributed by atoms with van der Waals surface area (Å²) in [6.45, 7) is -0.0677. The minimum Gasteiger partial charge on any atom is -0.406 e. The van der Waals surface area contributed by atoms with E-state index < -0.39 is 56.4 Å². The van der Waals surface area contributed by atoms with Crippen LogP contribution in [0.15, 0.2) is 41.3 Å². The lowest BCUT2D eigenvalue weighted by molar-refractivity contribution is -0.274. The van der Waals surface area contributed by atoms with Crippen molar-refractivity contribution < 1.29 is 44.3 Å². The molecule has 2 aromatic carbocycles. The van der Waals surface area contributed by atoms with Crippen LogP contribution in [0.3, 0.4) is 0 Å². The Labute approximate surface area is 166 Å². The summed E-state index contributed by atoms with van der Waals surface area (Å²) in [5.74, 6) is -6.15. The van der Waals surface area contributed by atoms with Crippen LogP contribution in [-0.4, -0.2) is 33.3 Å². The molecule has 0 bridgehead atoms. The molecule has 1 aliphatic rings. The van der Waals surface area contributed by atoms with Gasteiger partial charge in [-0.2, -0.15) is 4.72 Å². The first-order chi connectivity index (χ1) is 13.9. The van der Waals surface area contributed by atoms with Crippen LogP contribution in [-0.2, 0) is 14.8 Å². The van der Waals surface area contributed by atoms with Gasteiger partial charge in [-0.25, -0.2) is 21.6 Å². The Bertz CT molecular complexity index is 1090. The third-order valence-corrected chi connectivity index (χ3v) is 5.62. The number of amides is 1. The second-order valence-corrected chi connectivity index (χ2v) is 7.88. The van der Waals surface area contributed by atoms with E-state index in [0.717, 1.165) is 17.0 Å². The van der Waals surface area contributed by atoms with E-state index in [1.54, 1.807) is 0 Å². The molecule has 1 N–H and O–H groups in total. The van der Waals surface area contributed by atoms with Gasteiger partial charge in [-0.15, -0.1) is 13.2 Å². The Kier molecular flexibility index (Phi) is 5.69. The molecule has 13 heteroatoms. The number of rotatable bonds is 5. The first-order valence-corrected chi connectivity index (χ1v) is 9.70. The van der Waals surface area contributed by atoms with E-state index in [4.69, 9.17) is 0 Å². The SMILES string of the molecule is O=C1C(NS(=O)(=O)c2cc(F)c(F)cc2F)CCN1c1cccc(OC(F)(F)F)c1. The molecule has 1 heterocycles. The molecule has 0 spiro atoms. The number of hydrogen-bond acceptors (Lipinski definition) is 4. The quantitative estimate of drug-likeness (QED) is 0.557. The summed E-state index contributed by atoms with van der Waals surface area (Å²) >= 11 is 0. The number of benzene rings is 2. The third kappa shape index (κ3) is 4.67. The van der Waals surface area contributed by atoms with Crippen LogP contribution in [0.1, 0.15) is 6.42 Å². The molecule has 3 rings (SSSR count). The molecule has 6 nitrogen and oxygen atoms in total. The zero-order valence-corrected chi connectivity index (χ0v) is 15.5. The van der Waals surface area contributed by atoms with Crippen molar-refractivity contribution in [2.24, 2.45) is 0 Å². The fraction of sp³-hybridized carbons (Fsp3) is 0.235. The van der Waals surface area contributed by atoms with Crippen molar-refractivity contribution in [3.63, 3.8) is 0 Å². The summed E-state index contributed by atoms with van der Waals surface area (Å²) in [6, 6.07) is 3.28. The first-order valence-electron chi connectivity index (χ1n) is 8.21. The number of alkyl halides is 3. The third-order valence-electron chi connectivity index (χ3n) is 4.13. The minimum atomic E-state index is -4.94. The van der Waals surface area contributed by atoms with Crippen LogP contribution in [0.25, 0.3) is 0 Å². The standard InChI is InChI=1S/C17H12F6N2O4S/c18-11-7-13(20)15(8-12(11)19)30(27,28)24-14-4-5-25(16(14)26)9-2-1-3-10(6-9)29-17(21,22)23/h1-3,6-8,14,24H,4-5H2. The molecule has 1 aliphatic heterocycles. The summed E-state index contributed by atoms with van der Waals surface area (Å²) in [5.41, 5.74) is 0.0162. The number of ether oxygens (including phenoxy) is 1. The molecule has 1 amide bonds. The van der Waals surface area contributed by atoms with Crippen molar-refractivity contribution in [1.82, 2.24) is 4.72 Å². The van der Waals surface area contributed by atoms with Gasteiger partial charge >= 0.3 is 6.36 Å². The molecule has 1 fully saturated rings. The van der Waals surface area contributed by atoms with E-state index in [1.807, 2.05) is 4.72 Å². The van der Waals surface area contributed by atoms with Crippen molar-refractivity contribution >= 4 is 21.6 Å². The van der Waals surface area contributed by atoms with Gasteiger partial charge in [0.1, 0.15) is 22.5 Å². The van der Waals surface area contributed by atoms with Gasteiger partial charge in [0, 0.05) is 24.4 Å². The number of carbonyl (C=O) groups excluding carboxylic acids is 1. The highest BCUT2D eigenvalue weighted by Crippen LogP contribution is 2.29. The Balaban J connectivity index is 1.79. The fourth-order valence-electron chi connectivity index (χ4n) is 2.86. The summed E-state index contributed by atoms with van der Waals surface area (Å²) < 4.78 is 108. The van der Waals surface area contributed by atoms with E-state index >= 15 is 0 Å². The van der Waals surface area contributed by atoms with E-state index in [0.29, 0.717) is 0 Å². The monoisotopic (exact) mass is 454 g/mol. The van der Waals surface area contributed by atoms with E-state index in [1.165, 1.54) is 12.1 Å². The van der Waals surface area contributed by atoms with Crippen LogP contribution in [0.2, 0.25) is 0 Å². The fourth-order valence-corrected chi connectivity index (χ4v) is 4.15. The molecule has 0 aliphatic carbocycles. The molecule has 1 unspecified atom stereocenters. The molecule has 0 aromatic heterocycles. The highest BCUT2D eigenvalue weighted by molar-refractivity contribution is 7.89. The molecule has 1 saturated heterocycles. The maximum Gasteiger partial charge on any atom is 0.573 e. The normalized spacial score (nSPS) is 17.5. The molecule has 30 heavy (non-hydrogen) atoms. The summed E-state index contributed by atoms with van der Waals surface area (Å²) in [7, 11) is -4.74. The molecular formula is C17H12F6N2O4S. The van der Waals surface area contributed by atoms with Gasteiger partial charge in [-0.05, 0) is 24.6 Å². The molecule has 0 radical (unpaired) electrons. The van der Waals surface area contributed by atoms with Gasteiger partial charge in [0.05, 0.1) is 0 Å². The lowest BCUT2D eigenvalue weighted by atomic mass is 10.2. The number of sulfonamides is 1. The second kappa shape index (κ2) is 7.80. The van der Waals surface area contributed by atoms with Gasteiger partial charge in [-0.1, -0.05) is 6.07 Å². The van der Waals surface area contributed by atoms with Crippen LogP contribution < -0.4 is 14.4 Å². The largest absolute Gasteiger partial charge is 0.573 e. The Hall–Kier alpha value is -2.80. The van der Waals surface area contributed by atoms with Crippen molar-refractivity contribution in [3.05, 3.63) is 53.8 Å². The van der Waals surface area contributed by atoms with E-state index in [9.17, 15) is 39.6 Å². The van der Waals surface area contributed by atoms with E-state index in [2.05, 4.69) is 4.74 Å². The number of hydrogen-bond donors (Lipinski definition) is 1. The van der Waals surface area contributed by atoms with Crippen molar-refractivity contribution in [2.45, 2.75) is 23.7 Å². The number of anilines is 1. The van der Waals surface area contributed by atoms with Gasteiger partial charge < -0.3 is 9.64 Å². The highest BCUT2D eigenvalue weighted by atomic mass is 32.2. The lowest BCUT2D eigenvalue weighted by Crippen LogP contribution is -2.41. The number of nitrogens with one attached hydrogen (secondary N) is 1. The average molecular weight is 454 g/mol. The summed E-state index contributed by atoms with van der Waals surface area (Å²) in [5, 5.41) is 0. The summed E-state index contributed by atoms with van der Waals surface area (Å²) in [4.78, 5) is 12.4. The van der Waals surface area contributed by atoms with Crippen LogP contribution in [0.5, 0.6) is 5.75 Å². The van der Waals surface area contributed by atoms with Crippen LogP contribution in [0, 0.1) is 17.5 Å². The zero-order chi connectivity index (χ0) is 22.3. The predicted molar refractivity (Wildman–Crippen MR) is 90.5 cm³/mol. The Morgan fingerprint density at radius 2 is 1.70 bits per heavy atom. The minimum absolute atomic E-state index is 0.0162. The molecule has 2 aromatic rings. The van der Waals surface area contributed by atoms with E-state index in [-0.39, 0.29) is 30.8 Å². The first kappa shape index (κ1) is 21.9. The number of halogens is 6. The lowest BCUT2D eigenvalue weighted by Gasteiger charge is -2.18. The average Bonchev–Trinajstić information content (AvgIpc) is 2.97. The topological polar surface area (TPSA) is 75.7 Å². The Morgan fingerprint density at radius 1 is 1.03 bits per heavy atom. The molecule has 162 valence electrons. The van der Waals surface area contributed by atoms with Crippen molar-refractivity contribution in [1.29, 1.82) is 0 Å². The van der Waals surface area contributed by atoms with Gasteiger partial charge in [0.2, 0.25) is 15.9 Å². The van der Waals surface area contributed by atoms with Crippen molar-refractivity contribution in [2.75, 3.05) is 11.4 Å². The Morgan fingerprint density at radius 3 is 2.37 bits per heavy atom. The predicted octanol–water partition coefficient (Wildman–Crippen LogP) is 3.09. The molecular weight excluding hydrogens is 442 g/mol. The van der Waals surface area contributed by atoms with Gasteiger partial charge in [-0.3, -0.25) is 4.79 Å². The maximum atomic E-state index is 13.8. The summed E-state index contributed by atoms with van der Waals surface area (Å²) in [6.07, 6.45) is -5.05. The number of carbonyl (C=O) groups is 1. The van der Waals surface area contributed by atoms with Gasteiger partial charge in [0.15, 0.2) is 11.6 Å². The van der Waals surface area contributed by atoms with Crippen LogP contribution in [0.4, 0.5) is 32.0 Å². The highest BCUT2D eigenvalue weighted by Gasteiger charge is 2.37. The number of nitrogens with zero attached hydrogens (tertiary/aromatic N) is 1. The molecule has 1 atom stereocenters. The zero-order valence-electron chi connectivity index (χ0n) is 14.7. The second-order valence-electron chi connectivity index (χ2n) is 6.19. The van der Waals surface area contributed by atoms with Crippen molar-refractivity contribution in [3.8, 4) is 5.75 Å². The molecule has 0 saturated carbocycles. The smallest absolute Gasteiger partial charge is 0.406 e. The van der Waals surface area contributed by atoms with Gasteiger partial charge in [0.25, 0.3) is 0 Å². The van der Waals surface area contributed by atoms with Crippen LogP contribution >= 0.6 is 0 Å².